The quantitative estimate of drug-likeness (QED) is 0.690. The van der Waals surface area contributed by atoms with Gasteiger partial charge in [-0.1, -0.05) is 27.7 Å². The second kappa shape index (κ2) is 8.19. The van der Waals surface area contributed by atoms with Crippen LogP contribution in [0.3, 0.4) is 0 Å². The molecule has 1 heterocycles. The van der Waals surface area contributed by atoms with Gasteiger partial charge in [0.2, 0.25) is 0 Å². The Morgan fingerprint density at radius 1 is 1.12 bits per heavy atom. The third-order valence-electron chi connectivity index (χ3n) is 4.83. The molecule has 2 rings (SSSR count). The average Bonchev–Trinajstić information content (AvgIpc) is 3.11. The minimum Gasteiger partial charge on any atom is -0.493 e. The van der Waals surface area contributed by atoms with E-state index < -0.39 is 5.97 Å². The van der Waals surface area contributed by atoms with E-state index in [1.165, 1.54) is 0 Å². The summed E-state index contributed by atoms with van der Waals surface area (Å²) in [6.45, 7) is 11.3. The molecule has 136 valence electrons. The van der Waals surface area contributed by atoms with E-state index in [1.807, 2.05) is 6.92 Å². The Hall–Kier alpha value is -2.30. The Bertz CT molecular complexity index is 705. The van der Waals surface area contributed by atoms with Gasteiger partial charge in [0, 0.05) is 5.56 Å². The maximum Gasteiger partial charge on any atom is 0.353 e. The van der Waals surface area contributed by atoms with Crippen molar-refractivity contribution in [1.82, 2.24) is 10.2 Å². The fraction of sp³-hybridized carbons (Fsp3) is 0.500. The van der Waals surface area contributed by atoms with Crippen LogP contribution < -0.4 is 4.74 Å². The highest BCUT2D eigenvalue weighted by Gasteiger charge is 2.21. The lowest BCUT2D eigenvalue weighted by molar-refractivity contribution is 0.0690. The van der Waals surface area contributed by atoms with Gasteiger partial charge >= 0.3 is 5.97 Å². The first-order valence-corrected chi connectivity index (χ1v) is 9.02. The molecule has 2 unspecified atom stereocenters. The Balaban J connectivity index is 2.65. The van der Waals surface area contributed by atoms with Crippen molar-refractivity contribution in [3.8, 4) is 17.0 Å². The first-order chi connectivity index (χ1) is 11.9. The van der Waals surface area contributed by atoms with Gasteiger partial charge < -0.3 is 9.84 Å². The number of rotatable bonds is 8. The van der Waals surface area contributed by atoms with E-state index >= 15 is 0 Å². The van der Waals surface area contributed by atoms with Gasteiger partial charge in [0.25, 0.3) is 0 Å². The lowest BCUT2D eigenvalue weighted by atomic mass is 9.87. The van der Waals surface area contributed by atoms with Gasteiger partial charge in [-0.15, -0.1) is 0 Å². The molecule has 0 bridgehead atoms. The molecule has 5 nitrogen and oxygen atoms in total. The number of hydrogen-bond donors (Lipinski definition) is 2. The molecule has 5 heteroatoms. The Kier molecular flexibility index (Phi) is 6.23. The molecule has 0 amide bonds. The zero-order valence-electron chi connectivity index (χ0n) is 15.7. The summed E-state index contributed by atoms with van der Waals surface area (Å²) in [7, 11) is 0. The van der Waals surface area contributed by atoms with E-state index in [9.17, 15) is 4.79 Å². The second-order valence-electron chi connectivity index (χ2n) is 6.51. The molecule has 2 atom stereocenters. The molecule has 1 aromatic heterocycles. The molecule has 25 heavy (non-hydrogen) atoms. The first-order valence-electron chi connectivity index (χ1n) is 9.02. The highest BCUT2D eigenvalue weighted by atomic mass is 16.5. The van der Waals surface area contributed by atoms with Crippen molar-refractivity contribution in [2.45, 2.75) is 59.3 Å². The number of nitrogens with zero attached hydrogens (tertiary/aromatic N) is 1. The van der Waals surface area contributed by atoms with E-state index in [-0.39, 0.29) is 5.69 Å². The van der Waals surface area contributed by atoms with Gasteiger partial charge in [0.1, 0.15) is 11.4 Å². The summed E-state index contributed by atoms with van der Waals surface area (Å²) in [6.07, 6.45) is 2.01. The van der Waals surface area contributed by atoms with Crippen molar-refractivity contribution < 1.29 is 14.6 Å². The van der Waals surface area contributed by atoms with Crippen LogP contribution >= 0.6 is 0 Å². The number of aromatic nitrogens is 2. The van der Waals surface area contributed by atoms with Crippen LogP contribution in [0.25, 0.3) is 11.3 Å². The highest BCUT2D eigenvalue weighted by Crippen LogP contribution is 2.40. The van der Waals surface area contributed by atoms with Crippen LogP contribution in [-0.2, 0) is 0 Å². The second-order valence-corrected chi connectivity index (χ2v) is 6.51. The van der Waals surface area contributed by atoms with Gasteiger partial charge in [-0.2, -0.15) is 5.10 Å². The molecule has 0 aliphatic rings. The lowest BCUT2D eigenvalue weighted by Crippen LogP contribution is -2.06. The summed E-state index contributed by atoms with van der Waals surface area (Å²) >= 11 is 0. The largest absolute Gasteiger partial charge is 0.493 e. The van der Waals surface area contributed by atoms with E-state index in [2.05, 4.69) is 50.0 Å². The van der Waals surface area contributed by atoms with Crippen molar-refractivity contribution in [2.75, 3.05) is 6.61 Å². The van der Waals surface area contributed by atoms with Crippen molar-refractivity contribution in [3.05, 3.63) is 35.0 Å². The Labute approximate surface area is 149 Å². The molecule has 2 N–H and O–H groups in total. The Morgan fingerprint density at radius 2 is 1.68 bits per heavy atom. The van der Waals surface area contributed by atoms with Crippen molar-refractivity contribution in [1.29, 1.82) is 0 Å². The molecular formula is C20H28N2O3. The third-order valence-corrected chi connectivity index (χ3v) is 4.83. The summed E-state index contributed by atoms with van der Waals surface area (Å²) < 4.78 is 6.03. The zero-order valence-corrected chi connectivity index (χ0v) is 15.7. The molecule has 0 aliphatic heterocycles. The van der Waals surface area contributed by atoms with E-state index in [0.717, 1.165) is 35.3 Å². The number of H-pyrrole nitrogens is 1. The van der Waals surface area contributed by atoms with Gasteiger partial charge in [-0.25, -0.2) is 4.79 Å². The summed E-state index contributed by atoms with van der Waals surface area (Å²) in [5, 5.41) is 15.9. The SMILES string of the molecule is CCOc1c(C(C)CC)cc(-c2cc(C(=O)O)[nH]n2)cc1C(C)CC. The van der Waals surface area contributed by atoms with E-state index in [0.29, 0.717) is 24.1 Å². The monoisotopic (exact) mass is 344 g/mol. The molecule has 1 aromatic carbocycles. The smallest absolute Gasteiger partial charge is 0.353 e. The molecule has 2 aromatic rings. The number of carboxylic acid groups (broad SMARTS) is 1. The normalized spacial score (nSPS) is 13.5. The number of carboxylic acids is 1. The minimum absolute atomic E-state index is 0.0964. The summed E-state index contributed by atoms with van der Waals surface area (Å²) in [4.78, 5) is 11.1. The predicted molar refractivity (Wildman–Crippen MR) is 99.6 cm³/mol. The molecule has 0 saturated carbocycles. The van der Waals surface area contributed by atoms with Crippen molar-refractivity contribution in [2.24, 2.45) is 0 Å². The van der Waals surface area contributed by atoms with Crippen LogP contribution in [0.4, 0.5) is 0 Å². The molecule has 0 aliphatic carbocycles. The zero-order chi connectivity index (χ0) is 18.6. The fourth-order valence-electron chi connectivity index (χ4n) is 2.88. The molecule has 0 spiro atoms. The standard InChI is InChI=1S/C20H28N2O3/c1-6-12(4)15-9-14(17-11-18(20(23)24)22-21-17)10-16(13(5)7-2)19(15)25-8-3/h9-13H,6-8H2,1-5H3,(H,21,22)(H,23,24). The highest BCUT2D eigenvalue weighted by molar-refractivity contribution is 5.87. The number of aromatic carboxylic acids is 1. The lowest BCUT2D eigenvalue weighted by Gasteiger charge is -2.23. The number of nitrogens with one attached hydrogen (secondary N) is 1. The van der Waals surface area contributed by atoms with Gasteiger partial charge in [0.15, 0.2) is 0 Å². The van der Waals surface area contributed by atoms with Crippen LogP contribution in [0.1, 0.15) is 80.9 Å². The predicted octanol–water partition coefficient (Wildman–Crippen LogP) is 5.20. The van der Waals surface area contributed by atoms with Gasteiger partial charge in [-0.05, 0) is 60.9 Å². The summed E-state index contributed by atoms with van der Waals surface area (Å²) in [5.74, 6) is 0.669. The van der Waals surface area contributed by atoms with Crippen LogP contribution in [0.2, 0.25) is 0 Å². The average molecular weight is 344 g/mol. The van der Waals surface area contributed by atoms with Crippen LogP contribution in [-0.4, -0.2) is 27.9 Å². The van der Waals surface area contributed by atoms with E-state index in [4.69, 9.17) is 9.84 Å². The number of ether oxygens (including phenoxy) is 1. The first kappa shape index (κ1) is 19.0. The number of hydrogen-bond acceptors (Lipinski definition) is 3. The minimum atomic E-state index is -1.01. The third kappa shape index (κ3) is 4.03. The molecular weight excluding hydrogens is 316 g/mol. The molecule has 0 radical (unpaired) electrons. The van der Waals surface area contributed by atoms with Crippen molar-refractivity contribution >= 4 is 5.97 Å². The topological polar surface area (TPSA) is 75.2 Å². The molecule has 0 fully saturated rings. The number of aromatic amines is 1. The Morgan fingerprint density at radius 3 is 2.08 bits per heavy atom. The fourth-order valence-corrected chi connectivity index (χ4v) is 2.88. The van der Waals surface area contributed by atoms with Crippen LogP contribution in [0.15, 0.2) is 18.2 Å². The van der Waals surface area contributed by atoms with Gasteiger partial charge in [-0.3, -0.25) is 5.10 Å². The van der Waals surface area contributed by atoms with Crippen LogP contribution in [0, 0.1) is 0 Å². The van der Waals surface area contributed by atoms with Gasteiger partial charge in [0.05, 0.1) is 12.3 Å². The molecule has 0 saturated heterocycles. The van der Waals surface area contributed by atoms with Crippen LogP contribution in [0.5, 0.6) is 5.75 Å². The maximum atomic E-state index is 11.1. The van der Waals surface area contributed by atoms with Crippen molar-refractivity contribution in [3.63, 3.8) is 0 Å². The summed E-state index contributed by atoms with van der Waals surface area (Å²) in [5.41, 5.74) is 4.00. The number of benzene rings is 1. The maximum absolute atomic E-state index is 11.1. The number of carbonyl (C=O) groups is 1. The summed E-state index contributed by atoms with van der Waals surface area (Å²) in [6, 6.07) is 5.76. The van der Waals surface area contributed by atoms with E-state index in [1.54, 1.807) is 6.07 Å².